The maximum absolute atomic E-state index is 11.3. The van der Waals surface area contributed by atoms with Gasteiger partial charge in [-0.05, 0) is 40.2 Å². The van der Waals surface area contributed by atoms with Crippen molar-refractivity contribution in [2.75, 3.05) is 5.73 Å². The predicted octanol–water partition coefficient (Wildman–Crippen LogP) is 0.668. The average Bonchev–Trinajstić information content (AvgIpc) is 2.36. The highest BCUT2D eigenvalue weighted by atomic mass is 79.9. The number of pyridine rings is 1. The van der Waals surface area contributed by atoms with Gasteiger partial charge in [0.25, 0.3) is 0 Å². The van der Waals surface area contributed by atoms with Gasteiger partial charge in [-0.15, -0.1) is 0 Å². The first-order valence-corrected chi connectivity index (χ1v) is 6.77. The van der Waals surface area contributed by atoms with Crippen LogP contribution in [0, 0.1) is 6.92 Å². The molecule has 0 aliphatic carbocycles. The lowest BCUT2D eigenvalue weighted by Crippen LogP contribution is -2.33. The highest BCUT2D eigenvalue weighted by Crippen LogP contribution is 2.33. The second-order valence-electron chi connectivity index (χ2n) is 3.76. The van der Waals surface area contributed by atoms with Crippen LogP contribution in [-0.4, -0.2) is 19.7 Å². The molecule has 0 saturated carbocycles. The maximum atomic E-state index is 11.3. The Hall–Kier alpha value is -1.61. The number of nitrogens with two attached hydrogens (primary N) is 1. The number of hydrogen-bond acceptors (Lipinski definition) is 6. The fourth-order valence-electron chi connectivity index (χ4n) is 1.28. The summed E-state index contributed by atoms with van der Waals surface area (Å²) in [5.41, 5.74) is 5.57. The summed E-state index contributed by atoms with van der Waals surface area (Å²) in [7, 11) is 1.59. The summed E-state index contributed by atoms with van der Waals surface area (Å²) in [6.07, 6.45) is 1.53. The minimum absolute atomic E-state index is 0.335. The van der Waals surface area contributed by atoms with Crippen molar-refractivity contribution in [3.8, 4) is 0 Å². The Bertz CT molecular complexity index is 755. The molecular formula is C10H10BrN5O2S. The normalized spacial score (nSPS) is 10.7. The van der Waals surface area contributed by atoms with Gasteiger partial charge in [-0.25, -0.2) is 4.98 Å². The van der Waals surface area contributed by atoms with E-state index in [4.69, 9.17) is 5.73 Å². The lowest BCUT2D eigenvalue weighted by Gasteiger charge is -2.09. The number of nitrogen functional groups attached to an aromatic ring is 1. The zero-order valence-electron chi connectivity index (χ0n) is 10.1. The first-order chi connectivity index (χ1) is 8.90. The molecule has 0 amide bonds. The lowest BCUT2D eigenvalue weighted by atomic mass is 10.3. The molecule has 19 heavy (non-hydrogen) atoms. The summed E-state index contributed by atoms with van der Waals surface area (Å²) in [5.74, 6) is 0. The average molecular weight is 344 g/mol. The van der Waals surface area contributed by atoms with Gasteiger partial charge in [0, 0.05) is 7.05 Å². The van der Waals surface area contributed by atoms with E-state index in [1.165, 1.54) is 10.9 Å². The van der Waals surface area contributed by atoms with E-state index in [-0.39, 0.29) is 0 Å². The highest BCUT2D eigenvalue weighted by molar-refractivity contribution is 9.10. The Morgan fingerprint density at radius 1 is 1.47 bits per heavy atom. The summed E-state index contributed by atoms with van der Waals surface area (Å²) >= 11 is 4.55. The van der Waals surface area contributed by atoms with Gasteiger partial charge in [-0.2, -0.15) is 4.98 Å². The van der Waals surface area contributed by atoms with Crippen LogP contribution in [0.2, 0.25) is 0 Å². The Balaban J connectivity index is 2.48. The van der Waals surface area contributed by atoms with E-state index < -0.39 is 11.1 Å². The fourth-order valence-corrected chi connectivity index (χ4v) is 2.68. The molecule has 0 saturated heterocycles. The van der Waals surface area contributed by atoms with Crippen LogP contribution in [0.4, 0.5) is 5.69 Å². The van der Waals surface area contributed by atoms with E-state index in [1.807, 2.05) is 6.92 Å². The predicted molar refractivity (Wildman–Crippen MR) is 75.3 cm³/mol. The van der Waals surface area contributed by atoms with E-state index in [0.717, 1.165) is 21.8 Å². The van der Waals surface area contributed by atoms with Crippen molar-refractivity contribution in [1.82, 2.24) is 19.7 Å². The molecule has 0 aromatic carbocycles. The van der Waals surface area contributed by atoms with Gasteiger partial charge in [-0.3, -0.25) is 19.4 Å². The summed E-state index contributed by atoms with van der Waals surface area (Å²) in [4.78, 5) is 30.2. The minimum atomic E-state index is -0.830. The number of H-pyrrole nitrogens is 1. The van der Waals surface area contributed by atoms with Crippen LogP contribution in [0.5, 0.6) is 0 Å². The van der Waals surface area contributed by atoms with Crippen molar-refractivity contribution < 1.29 is 0 Å². The monoisotopic (exact) mass is 343 g/mol. The molecule has 2 aromatic heterocycles. The molecular weight excluding hydrogens is 334 g/mol. The molecule has 7 nitrogen and oxygen atoms in total. The Labute approximate surface area is 120 Å². The molecule has 0 radical (unpaired) electrons. The second-order valence-corrected chi connectivity index (χ2v) is 5.51. The maximum Gasteiger partial charge on any atom is 0.339 e. The lowest BCUT2D eigenvalue weighted by molar-refractivity contribution is 0.596. The third-order valence-corrected chi connectivity index (χ3v) is 4.69. The zero-order chi connectivity index (χ0) is 14.2. The van der Waals surface area contributed by atoms with Crippen molar-refractivity contribution in [1.29, 1.82) is 0 Å². The Morgan fingerprint density at radius 3 is 2.84 bits per heavy atom. The van der Waals surface area contributed by atoms with E-state index in [1.54, 1.807) is 7.05 Å². The molecule has 0 aliphatic heterocycles. The van der Waals surface area contributed by atoms with Crippen LogP contribution in [0.1, 0.15) is 5.56 Å². The van der Waals surface area contributed by atoms with Crippen molar-refractivity contribution in [3.05, 3.63) is 36.9 Å². The summed E-state index contributed by atoms with van der Waals surface area (Å²) < 4.78 is 2.10. The van der Waals surface area contributed by atoms with E-state index in [0.29, 0.717) is 15.9 Å². The summed E-state index contributed by atoms with van der Waals surface area (Å²) in [5, 5.41) is 3.32. The van der Waals surface area contributed by atoms with E-state index >= 15 is 0 Å². The van der Waals surface area contributed by atoms with Crippen LogP contribution in [0.25, 0.3) is 0 Å². The van der Waals surface area contributed by atoms with Crippen molar-refractivity contribution in [2.24, 2.45) is 7.05 Å². The molecule has 0 fully saturated rings. The van der Waals surface area contributed by atoms with Crippen LogP contribution < -0.4 is 16.9 Å². The third-order valence-electron chi connectivity index (χ3n) is 2.41. The molecule has 100 valence electrons. The molecule has 0 aliphatic rings. The van der Waals surface area contributed by atoms with Gasteiger partial charge in [0.15, 0.2) is 5.16 Å². The summed E-state index contributed by atoms with van der Waals surface area (Å²) in [6.45, 7) is 1.85. The van der Waals surface area contributed by atoms with E-state index in [2.05, 4.69) is 31.0 Å². The number of halogens is 1. The van der Waals surface area contributed by atoms with Gasteiger partial charge >= 0.3 is 11.1 Å². The first kappa shape index (κ1) is 13.8. The highest BCUT2D eigenvalue weighted by Gasteiger charge is 2.12. The number of rotatable bonds is 2. The molecule has 0 atom stereocenters. The molecule has 2 rings (SSSR count). The number of nitrogens with one attached hydrogen (secondary N) is 1. The molecule has 9 heteroatoms. The summed E-state index contributed by atoms with van der Waals surface area (Å²) in [6, 6.07) is 0. The molecule has 0 unspecified atom stereocenters. The number of anilines is 1. The first-order valence-electron chi connectivity index (χ1n) is 5.16. The largest absolute Gasteiger partial charge is 0.397 e. The molecule has 0 spiro atoms. The second kappa shape index (κ2) is 5.17. The van der Waals surface area contributed by atoms with Crippen LogP contribution >= 0.6 is 27.7 Å². The Kier molecular flexibility index (Phi) is 3.76. The van der Waals surface area contributed by atoms with Crippen LogP contribution in [0.3, 0.4) is 0 Å². The number of aromatic amines is 1. The molecule has 2 heterocycles. The topological polar surface area (TPSA) is 107 Å². The molecule has 0 bridgehead atoms. The van der Waals surface area contributed by atoms with E-state index in [9.17, 15) is 9.59 Å². The number of aromatic nitrogens is 4. The minimum Gasteiger partial charge on any atom is -0.397 e. The van der Waals surface area contributed by atoms with Gasteiger partial charge in [0.05, 0.1) is 16.4 Å². The quantitative estimate of drug-likeness (QED) is 0.776. The zero-order valence-corrected chi connectivity index (χ0v) is 12.5. The van der Waals surface area contributed by atoms with Gasteiger partial charge in [0.1, 0.15) is 5.03 Å². The number of hydrogen-bond donors (Lipinski definition) is 2. The van der Waals surface area contributed by atoms with Crippen LogP contribution in [-0.2, 0) is 7.05 Å². The standard InChI is InChI=1S/C10H10BrN5O2S/c1-4-5(12)3-13-9(6(4)11)19-10-14-7(17)8(18)15-16(10)2/h3H,12H2,1-2H3,(H,15,18). The fraction of sp³-hybridized carbons (Fsp3) is 0.200. The Morgan fingerprint density at radius 2 is 2.16 bits per heavy atom. The van der Waals surface area contributed by atoms with Crippen molar-refractivity contribution in [3.63, 3.8) is 0 Å². The SMILES string of the molecule is Cc1c(N)cnc(Sc2nc(=O)c(=O)[nH]n2C)c1Br. The number of aryl methyl sites for hydroxylation is 1. The van der Waals surface area contributed by atoms with Crippen molar-refractivity contribution in [2.45, 2.75) is 17.1 Å². The number of nitrogens with zero attached hydrogens (tertiary/aromatic N) is 3. The van der Waals surface area contributed by atoms with Crippen LogP contribution in [0.15, 0.2) is 30.4 Å². The van der Waals surface area contributed by atoms with Gasteiger partial charge in [-0.1, -0.05) is 0 Å². The third kappa shape index (κ3) is 2.71. The van der Waals surface area contributed by atoms with Gasteiger partial charge < -0.3 is 5.73 Å². The smallest absolute Gasteiger partial charge is 0.339 e. The van der Waals surface area contributed by atoms with Crippen molar-refractivity contribution >= 4 is 33.4 Å². The molecule has 2 aromatic rings. The molecule has 3 N–H and O–H groups in total. The van der Waals surface area contributed by atoms with Gasteiger partial charge in [0.2, 0.25) is 0 Å².